The van der Waals surface area contributed by atoms with Crippen LogP contribution in [0.4, 0.5) is 5.69 Å². The third-order valence-electron chi connectivity index (χ3n) is 3.87. The topological polar surface area (TPSA) is 97.5 Å². The summed E-state index contributed by atoms with van der Waals surface area (Å²) < 4.78 is 9.89. The molecule has 0 aliphatic heterocycles. The molecule has 0 saturated heterocycles. The average Bonchev–Trinajstić information content (AvgIpc) is 2.91. The number of esters is 2. The van der Waals surface area contributed by atoms with Crippen molar-refractivity contribution in [3.8, 4) is 0 Å². The molecule has 0 fully saturated rings. The number of anilines is 1. The van der Waals surface area contributed by atoms with Crippen molar-refractivity contribution in [2.45, 2.75) is 26.9 Å². The van der Waals surface area contributed by atoms with E-state index in [9.17, 15) is 14.4 Å². The number of nitrogens with one attached hydrogen (secondary N) is 2. The minimum absolute atomic E-state index is 0.0806. The van der Waals surface area contributed by atoms with Crippen LogP contribution in [-0.2, 0) is 14.3 Å². The van der Waals surface area contributed by atoms with Gasteiger partial charge in [-0.15, -0.1) is 0 Å². The summed E-state index contributed by atoms with van der Waals surface area (Å²) in [5, 5.41) is 3.25. The molecule has 9 heteroatoms. The highest BCUT2D eigenvalue weighted by molar-refractivity contribution is 6.36. The third kappa shape index (κ3) is 4.61. The summed E-state index contributed by atoms with van der Waals surface area (Å²) in [6.45, 7) is 4.64. The zero-order valence-electron chi connectivity index (χ0n) is 15.1. The Hall–Kier alpha value is -2.51. The van der Waals surface area contributed by atoms with Gasteiger partial charge in [-0.25, -0.2) is 9.59 Å². The van der Waals surface area contributed by atoms with E-state index in [0.717, 1.165) is 0 Å². The molecule has 0 aliphatic rings. The molecular weight excluding hydrogens is 395 g/mol. The van der Waals surface area contributed by atoms with Crippen LogP contribution in [0, 0.1) is 13.8 Å². The van der Waals surface area contributed by atoms with Gasteiger partial charge in [0.15, 0.2) is 6.10 Å². The van der Waals surface area contributed by atoms with Crippen LogP contribution in [0.5, 0.6) is 0 Å². The van der Waals surface area contributed by atoms with Gasteiger partial charge in [-0.3, -0.25) is 4.79 Å². The number of halogens is 2. The molecule has 1 aromatic carbocycles. The zero-order valence-corrected chi connectivity index (χ0v) is 16.6. The molecule has 27 heavy (non-hydrogen) atoms. The molecule has 1 atom stereocenters. The number of benzene rings is 1. The fourth-order valence-electron chi connectivity index (χ4n) is 2.46. The quantitative estimate of drug-likeness (QED) is 0.725. The molecule has 2 aromatic rings. The second-order valence-electron chi connectivity index (χ2n) is 5.78. The molecule has 0 saturated carbocycles. The van der Waals surface area contributed by atoms with Crippen molar-refractivity contribution >= 4 is 46.7 Å². The number of H-pyrrole nitrogens is 1. The molecule has 0 aliphatic carbocycles. The molecule has 0 bridgehead atoms. The molecule has 0 unspecified atom stereocenters. The van der Waals surface area contributed by atoms with Crippen molar-refractivity contribution in [3.05, 3.63) is 50.8 Å². The molecule has 2 rings (SSSR count). The first kappa shape index (κ1) is 20.8. The Balaban J connectivity index is 2.11. The normalized spacial score (nSPS) is 11.6. The van der Waals surface area contributed by atoms with Crippen LogP contribution in [0.3, 0.4) is 0 Å². The Kier molecular flexibility index (Phi) is 6.51. The zero-order chi connectivity index (χ0) is 20.3. The molecule has 144 valence electrons. The summed E-state index contributed by atoms with van der Waals surface area (Å²) in [5.41, 5.74) is 1.54. The predicted octanol–water partition coefficient (Wildman–Crippen LogP) is 3.91. The van der Waals surface area contributed by atoms with Crippen LogP contribution in [-0.4, -0.2) is 36.0 Å². The number of carbonyl (C=O) groups is 3. The van der Waals surface area contributed by atoms with Crippen LogP contribution in [0.2, 0.25) is 10.0 Å². The van der Waals surface area contributed by atoms with Gasteiger partial charge < -0.3 is 19.8 Å². The number of rotatable bonds is 5. The minimum Gasteiger partial charge on any atom is -0.465 e. The van der Waals surface area contributed by atoms with Crippen molar-refractivity contribution in [2.24, 2.45) is 0 Å². The molecular formula is C18H18Cl2N2O5. The van der Waals surface area contributed by atoms with Crippen molar-refractivity contribution < 1.29 is 23.9 Å². The lowest BCUT2D eigenvalue weighted by molar-refractivity contribution is -0.123. The number of hydrogen-bond acceptors (Lipinski definition) is 5. The average molecular weight is 413 g/mol. The second-order valence-corrected chi connectivity index (χ2v) is 6.62. The number of amides is 1. The highest BCUT2D eigenvalue weighted by Crippen LogP contribution is 2.26. The number of aromatic amines is 1. The van der Waals surface area contributed by atoms with Crippen molar-refractivity contribution in [3.63, 3.8) is 0 Å². The Bertz CT molecular complexity index is 907. The van der Waals surface area contributed by atoms with Crippen LogP contribution in [0.1, 0.15) is 39.0 Å². The maximum absolute atomic E-state index is 12.4. The Labute approximate surface area is 165 Å². The first-order valence-electron chi connectivity index (χ1n) is 7.90. The highest BCUT2D eigenvalue weighted by Gasteiger charge is 2.26. The lowest BCUT2D eigenvalue weighted by Crippen LogP contribution is -2.30. The van der Waals surface area contributed by atoms with Gasteiger partial charge in [-0.05, 0) is 44.5 Å². The number of hydrogen-bond donors (Lipinski definition) is 2. The SMILES string of the molecule is COC(=O)c1c(C)[nH]c(C(=O)O[C@H](C)C(=O)Nc2ccc(Cl)cc2Cl)c1C. The lowest BCUT2D eigenvalue weighted by Gasteiger charge is -2.14. The van der Waals surface area contributed by atoms with Gasteiger partial charge in [0, 0.05) is 10.7 Å². The van der Waals surface area contributed by atoms with E-state index in [1.54, 1.807) is 19.9 Å². The van der Waals surface area contributed by atoms with Crippen molar-refractivity contribution in [1.82, 2.24) is 4.98 Å². The number of aromatic nitrogens is 1. The van der Waals surface area contributed by atoms with Gasteiger partial charge in [0.1, 0.15) is 5.69 Å². The number of aryl methyl sites for hydroxylation is 1. The van der Waals surface area contributed by atoms with Crippen LogP contribution in [0.25, 0.3) is 0 Å². The summed E-state index contributed by atoms with van der Waals surface area (Å²) in [5.74, 6) is -1.90. The smallest absolute Gasteiger partial charge is 0.355 e. The van der Waals surface area contributed by atoms with Crippen LogP contribution in [0.15, 0.2) is 18.2 Å². The van der Waals surface area contributed by atoms with Crippen molar-refractivity contribution in [2.75, 3.05) is 12.4 Å². The third-order valence-corrected chi connectivity index (χ3v) is 4.42. The first-order valence-corrected chi connectivity index (χ1v) is 8.65. The molecule has 1 amide bonds. The number of carbonyl (C=O) groups excluding carboxylic acids is 3. The van der Waals surface area contributed by atoms with E-state index in [1.807, 2.05) is 0 Å². The van der Waals surface area contributed by atoms with E-state index >= 15 is 0 Å². The van der Waals surface area contributed by atoms with E-state index in [0.29, 0.717) is 22.0 Å². The predicted molar refractivity (Wildman–Crippen MR) is 102 cm³/mol. The van der Waals surface area contributed by atoms with Gasteiger partial charge in [0.25, 0.3) is 5.91 Å². The molecule has 1 heterocycles. The highest BCUT2D eigenvalue weighted by atomic mass is 35.5. The van der Waals surface area contributed by atoms with Gasteiger partial charge >= 0.3 is 11.9 Å². The molecule has 0 radical (unpaired) electrons. The van der Waals surface area contributed by atoms with Gasteiger partial charge in [0.2, 0.25) is 0 Å². The van der Waals surface area contributed by atoms with E-state index in [2.05, 4.69) is 10.3 Å². The standard InChI is InChI=1S/C18H18Cl2N2O5/c1-8-14(17(24)26-4)9(2)21-15(8)18(25)27-10(3)16(23)22-13-6-5-11(19)7-12(13)20/h5-7,10,21H,1-4H3,(H,22,23)/t10-/m1/s1. The van der Waals surface area contributed by atoms with Gasteiger partial charge in [-0.1, -0.05) is 23.2 Å². The Morgan fingerprint density at radius 3 is 2.41 bits per heavy atom. The largest absolute Gasteiger partial charge is 0.465 e. The van der Waals surface area contributed by atoms with Gasteiger partial charge in [0.05, 0.1) is 23.4 Å². The maximum atomic E-state index is 12.4. The molecule has 7 nitrogen and oxygen atoms in total. The number of ether oxygens (including phenoxy) is 2. The summed E-state index contributed by atoms with van der Waals surface area (Å²) in [6.07, 6.45) is -1.10. The molecule has 0 spiro atoms. The van der Waals surface area contributed by atoms with Crippen molar-refractivity contribution in [1.29, 1.82) is 0 Å². The lowest BCUT2D eigenvalue weighted by atomic mass is 10.1. The van der Waals surface area contributed by atoms with E-state index in [1.165, 1.54) is 26.2 Å². The van der Waals surface area contributed by atoms with Gasteiger partial charge in [-0.2, -0.15) is 0 Å². The summed E-state index contributed by atoms with van der Waals surface area (Å²) in [6, 6.07) is 4.59. The Morgan fingerprint density at radius 2 is 1.81 bits per heavy atom. The van der Waals surface area contributed by atoms with E-state index in [-0.39, 0.29) is 16.3 Å². The fraction of sp³-hybridized carbons (Fsp3) is 0.278. The second kappa shape index (κ2) is 8.45. The summed E-state index contributed by atoms with van der Waals surface area (Å²) in [4.78, 5) is 39.3. The van der Waals surface area contributed by atoms with Crippen LogP contribution < -0.4 is 5.32 Å². The molecule has 2 N–H and O–H groups in total. The van der Waals surface area contributed by atoms with E-state index in [4.69, 9.17) is 32.7 Å². The summed E-state index contributed by atoms with van der Waals surface area (Å²) >= 11 is 11.8. The molecule has 1 aromatic heterocycles. The summed E-state index contributed by atoms with van der Waals surface area (Å²) in [7, 11) is 1.25. The first-order chi connectivity index (χ1) is 12.6. The maximum Gasteiger partial charge on any atom is 0.355 e. The fourth-order valence-corrected chi connectivity index (χ4v) is 2.92. The minimum atomic E-state index is -1.10. The van der Waals surface area contributed by atoms with Crippen LogP contribution >= 0.6 is 23.2 Å². The Morgan fingerprint density at radius 1 is 1.15 bits per heavy atom. The van der Waals surface area contributed by atoms with E-state index < -0.39 is 23.9 Å². The monoisotopic (exact) mass is 412 g/mol. The number of methoxy groups -OCH3 is 1.